The Hall–Kier alpha value is -2.73. The first-order valence-electron chi connectivity index (χ1n) is 8.06. The number of pyridine rings is 2. The van der Waals surface area contributed by atoms with Gasteiger partial charge in [-0.05, 0) is 29.8 Å². The standard InChI is InChI=1S/C18H19N5O/c1-2-7-20-18(3-1)24-14-17-13-22(11-15-4-8-19-9-5-15)12-16-6-10-21-23(16)17/h1-10,17H,11-14H2/t17-/m1/s1. The lowest BCUT2D eigenvalue weighted by molar-refractivity contribution is 0.125. The van der Waals surface area contributed by atoms with Crippen molar-refractivity contribution >= 4 is 0 Å². The molecule has 0 fully saturated rings. The summed E-state index contributed by atoms with van der Waals surface area (Å²) in [5.41, 5.74) is 2.48. The van der Waals surface area contributed by atoms with E-state index in [0.29, 0.717) is 12.5 Å². The maximum atomic E-state index is 5.86. The molecular weight excluding hydrogens is 302 g/mol. The summed E-state index contributed by atoms with van der Waals surface area (Å²) >= 11 is 0. The Bertz CT molecular complexity index is 774. The van der Waals surface area contributed by atoms with Crippen molar-refractivity contribution < 1.29 is 4.74 Å². The lowest BCUT2D eigenvalue weighted by Crippen LogP contribution is -2.39. The Kier molecular flexibility index (Phi) is 4.20. The Labute approximate surface area is 140 Å². The van der Waals surface area contributed by atoms with E-state index in [1.165, 1.54) is 11.3 Å². The van der Waals surface area contributed by atoms with Crippen LogP contribution in [0.5, 0.6) is 5.88 Å². The number of hydrogen-bond donors (Lipinski definition) is 0. The lowest BCUT2D eigenvalue weighted by atomic mass is 10.1. The highest BCUT2D eigenvalue weighted by Gasteiger charge is 2.26. The first-order chi connectivity index (χ1) is 11.9. The van der Waals surface area contributed by atoms with Crippen LogP contribution in [0.2, 0.25) is 0 Å². The molecule has 0 unspecified atom stereocenters. The first-order valence-corrected chi connectivity index (χ1v) is 8.06. The van der Waals surface area contributed by atoms with Gasteiger partial charge in [0, 0.05) is 50.5 Å². The van der Waals surface area contributed by atoms with Crippen molar-refractivity contribution in [1.82, 2.24) is 24.6 Å². The predicted molar refractivity (Wildman–Crippen MR) is 89.3 cm³/mol. The molecule has 3 aromatic heterocycles. The second-order valence-electron chi connectivity index (χ2n) is 5.93. The number of nitrogens with zero attached hydrogens (tertiary/aromatic N) is 5. The van der Waals surface area contributed by atoms with Gasteiger partial charge in [0.05, 0.1) is 11.7 Å². The molecule has 3 aromatic rings. The van der Waals surface area contributed by atoms with Crippen LogP contribution in [0.15, 0.2) is 61.2 Å². The summed E-state index contributed by atoms with van der Waals surface area (Å²) in [6, 6.07) is 12.1. The summed E-state index contributed by atoms with van der Waals surface area (Å²) in [6.45, 7) is 3.23. The minimum atomic E-state index is 0.174. The van der Waals surface area contributed by atoms with Crippen LogP contribution in [0, 0.1) is 0 Å². The minimum absolute atomic E-state index is 0.174. The highest BCUT2D eigenvalue weighted by molar-refractivity contribution is 5.12. The fourth-order valence-electron chi connectivity index (χ4n) is 3.07. The maximum Gasteiger partial charge on any atom is 0.213 e. The molecule has 4 rings (SSSR count). The van der Waals surface area contributed by atoms with Crippen molar-refractivity contribution in [2.24, 2.45) is 0 Å². The van der Waals surface area contributed by atoms with Gasteiger partial charge in [0.1, 0.15) is 6.61 Å². The number of hydrogen-bond acceptors (Lipinski definition) is 5. The van der Waals surface area contributed by atoms with E-state index in [4.69, 9.17) is 4.74 Å². The number of fused-ring (bicyclic) bond motifs is 1. The van der Waals surface area contributed by atoms with Crippen molar-refractivity contribution in [3.63, 3.8) is 0 Å². The molecule has 0 spiro atoms. The third-order valence-electron chi connectivity index (χ3n) is 4.17. The minimum Gasteiger partial charge on any atom is -0.475 e. The first kappa shape index (κ1) is 14.8. The molecule has 0 saturated carbocycles. The smallest absolute Gasteiger partial charge is 0.213 e. The molecule has 6 heteroatoms. The summed E-state index contributed by atoms with van der Waals surface area (Å²) < 4.78 is 7.94. The van der Waals surface area contributed by atoms with E-state index in [0.717, 1.165) is 19.6 Å². The Morgan fingerprint density at radius 3 is 2.79 bits per heavy atom. The zero-order valence-electron chi connectivity index (χ0n) is 13.3. The van der Waals surface area contributed by atoms with Gasteiger partial charge in [-0.3, -0.25) is 14.6 Å². The van der Waals surface area contributed by atoms with Gasteiger partial charge in [0.25, 0.3) is 0 Å². The molecule has 24 heavy (non-hydrogen) atoms. The highest BCUT2D eigenvalue weighted by atomic mass is 16.5. The van der Waals surface area contributed by atoms with E-state index in [1.54, 1.807) is 6.20 Å². The summed E-state index contributed by atoms with van der Waals surface area (Å²) in [6.07, 6.45) is 7.28. The second kappa shape index (κ2) is 6.80. The van der Waals surface area contributed by atoms with Crippen LogP contribution in [0.25, 0.3) is 0 Å². The van der Waals surface area contributed by atoms with Gasteiger partial charge in [0.2, 0.25) is 5.88 Å². The molecule has 0 amide bonds. The van der Waals surface area contributed by atoms with E-state index in [9.17, 15) is 0 Å². The average Bonchev–Trinajstić information content (AvgIpc) is 3.10. The zero-order valence-corrected chi connectivity index (χ0v) is 13.3. The molecule has 6 nitrogen and oxygen atoms in total. The summed E-state index contributed by atoms with van der Waals surface area (Å²) in [5, 5.41) is 4.47. The van der Waals surface area contributed by atoms with Crippen LogP contribution in [0.4, 0.5) is 0 Å². The topological polar surface area (TPSA) is 56.1 Å². The van der Waals surface area contributed by atoms with Crippen LogP contribution in [-0.2, 0) is 13.1 Å². The quantitative estimate of drug-likeness (QED) is 0.722. The fourth-order valence-corrected chi connectivity index (χ4v) is 3.07. The summed E-state index contributed by atoms with van der Waals surface area (Å²) in [4.78, 5) is 10.7. The van der Waals surface area contributed by atoms with Crippen LogP contribution in [0.1, 0.15) is 17.3 Å². The molecule has 1 atom stereocenters. The molecule has 0 aliphatic carbocycles. The van der Waals surface area contributed by atoms with Crippen molar-refractivity contribution in [2.45, 2.75) is 19.1 Å². The number of rotatable bonds is 5. The van der Waals surface area contributed by atoms with E-state index in [-0.39, 0.29) is 6.04 Å². The van der Waals surface area contributed by atoms with Crippen molar-refractivity contribution in [2.75, 3.05) is 13.2 Å². The molecule has 0 saturated heterocycles. The molecule has 1 aliphatic heterocycles. The molecule has 0 aromatic carbocycles. The second-order valence-corrected chi connectivity index (χ2v) is 5.93. The Morgan fingerprint density at radius 2 is 1.96 bits per heavy atom. The highest BCUT2D eigenvalue weighted by Crippen LogP contribution is 2.22. The average molecular weight is 321 g/mol. The van der Waals surface area contributed by atoms with Gasteiger partial charge in [0.15, 0.2) is 0 Å². The zero-order chi connectivity index (χ0) is 16.2. The molecule has 0 bridgehead atoms. The van der Waals surface area contributed by atoms with Gasteiger partial charge in [-0.25, -0.2) is 4.98 Å². The van der Waals surface area contributed by atoms with Crippen LogP contribution < -0.4 is 4.74 Å². The molecule has 0 N–H and O–H groups in total. The van der Waals surface area contributed by atoms with Gasteiger partial charge < -0.3 is 4.74 Å². The molecule has 0 radical (unpaired) electrons. The van der Waals surface area contributed by atoms with Crippen LogP contribution >= 0.6 is 0 Å². The lowest BCUT2D eigenvalue weighted by Gasteiger charge is -2.33. The van der Waals surface area contributed by atoms with E-state index in [2.05, 4.69) is 42.8 Å². The van der Waals surface area contributed by atoms with E-state index >= 15 is 0 Å². The van der Waals surface area contributed by atoms with Gasteiger partial charge >= 0.3 is 0 Å². The number of aromatic nitrogens is 4. The van der Waals surface area contributed by atoms with Crippen LogP contribution in [-0.4, -0.2) is 37.8 Å². The predicted octanol–water partition coefficient (Wildman–Crippen LogP) is 2.31. The van der Waals surface area contributed by atoms with Crippen molar-refractivity contribution in [1.29, 1.82) is 0 Å². The van der Waals surface area contributed by atoms with Crippen molar-refractivity contribution in [3.8, 4) is 5.88 Å². The Morgan fingerprint density at radius 1 is 1.04 bits per heavy atom. The normalized spacial score (nSPS) is 17.4. The SMILES string of the molecule is c1ccc(OC[C@H]2CN(Cc3ccncc3)Cc3ccnn32)nc1. The van der Waals surface area contributed by atoms with Crippen molar-refractivity contribution in [3.05, 3.63) is 72.4 Å². The molecule has 4 heterocycles. The van der Waals surface area contributed by atoms with E-state index in [1.807, 2.05) is 36.8 Å². The van der Waals surface area contributed by atoms with Crippen LogP contribution in [0.3, 0.4) is 0 Å². The van der Waals surface area contributed by atoms with E-state index < -0.39 is 0 Å². The molecule has 1 aliphatic rings. The molecular formula is C18H19N5O. The van der Waals surface area contributed by atoms with Gasteiger partial charge in [-0.2, -0.15) is 5.10 Å². The summed E-state index contributed by atoms with van der Waals surface area (Å²) in [7, 11) is 0. The molecule has 122 valence electrons. The number of ether oxygens (including phenoxy) is 1. The monoisotopic (exact) mass is 321 g/mol. The summed E-state index contributed by atoms with van der Waals surface area (Å²) in [5.74, 6) is 0.650. The van der Waals surface area contributed by atoms with Gasteiger partial charge in [-0.1, -0.05) is 6.07 Å². The third kappa shape index (κ3) is 3.28. The Balaban J connectivity index is 1.47. The fraction of sp³-hybridized carbons (Fsp3) is 0.278. The largest absolute Gasteiger partial charge is 0.475 e. The maximum absolute atomic E-state index is 5.86. The van der Waals surface area contributed by atoms with Gasteiger partial charge in [-0.15, -0.1) is 0 Å². The third-order valence-corrected chi connectivity index (χ3v) is 4.17.